The van der Waals surface area contributed by atoms with Crippen LogP contribution in [-0.4, -0.2) is 19.1 Å². The summed E-state index contributed by atoms with van der Waals surface area (Å²) in [6, 6.07) is 7.45. The first-order chi connectivity index (χ1) is 8.72. The molecule has 1 saturated heterocycles. The number of piperidine rings is 1. The SMILES string of the molecule is CCNCc1ccc(N2CCCCC2C)cc1Br. The molecule has 1 fully saturated rings. The van der Waals surface area contributed by atoms with Gasteiger partial charge in [0, 0.05) is 29.3 Å². The van der Waals surface area contributed by atoms with E-state index in [1.165, 1.54) is 41.5 Å². The Labute approximate surface area is 119 Å². The van der Waals surface area contributed by atoms with Crippen molar-refractivity contribution in [2.24, 2.45) is 0 Å². The summed E-state index contributed by atoms with van der Waals surface area (Å²) in [6.07, 6.45) is 4.01. The molecular weight excluding hydrogens is 288 g/mol. The Morgan fingerprint density at radius 2 is 2.22 bits per heavy atom. The molecule has 0 bridgehead atoms. The van der Waals surface area contributed by atoms with Gasteiger partial charge in [0.05, 0.1) is 0 Å². The molecule has 3 heteroatoms. The summed E-state index contributed by atoms with van der Waals surface area (Å²) in [5.41, 5.74) is 2.69. The molecule has 0 aromatic heterocycles. The Bertz CT molecular complexity index is 392. The topological polar surface area (TPSA) is 15.3 Å². The van der Waals surface area contributed by atoms with Gasteiger partial charge in [-0.3, -0.25) is 0 Å². The molecule has 0 spiro atoms. The molecule has 0 aliphatic carbocycles. The maximum absolute atomic E-state index is 3.70. The van der Waals surface area contributed by atoms with Crippen molar-refractivity contribution < 1.29 is 0 Å². The van der Waals surface area contributed by atoms with Gasteiger partial charge in [-0.15, -0.1) is 0 Å². The summed E-state index contributed by atoms with van der Waals surface area (Å²) in [7, 11) is 0. The van der Waals surface area contributed by atoms with Crippen molar-refractivity contribution in [1.29, 1.82) is 0 Å². The number of benzene rings is 1. The van der Waals surface area contributed by atoms with E-state index >= 15 is 0 Å². The highest BCUT2D eigenvalue weighted by molar-refractivity contribution is 9.10. The van der Waals surface area contributed by atoms with Crippen molar-refractivity contribution in [2.75, 3.05) is 18.0 Å². The van der Waals surface area contributed by atoms with Crippen molar-refractivity contribution in [3.63, 3.8) is 0 Å². The zero-order valence-electron chi connectivity index (χ0n) is 11.4. The van der Waals surface area contributed by atoms with Gasteiger partial charge in [0.2, 0.25) is 0 Å². The smallest absolute Gasteiger partial charge is 0.0380 e. The van der Waals surface area contributed by atoms with Crippen LogP contribution in [0.4, 0.5) is 5.69 Å². The zero-order chi connectivity index (χ0) is 13.0. The molecule has 1 N–H and O–H groups in total. The fourth-order valence-corrected chi connectivity index (χ4v) is 3.11. The first kappa shape index (κ1) is 13.9. The molecule has 1 heterocycles. The molecule has 1 aliphatic heterocycles. The quantitative estimate of drug-likeness (QED) is 0.906. The van der Waals surface area contributed by atoms with Crippen LogP contribution in [0.3, 0.4) is 0 Å². The summed E-state index contributed by atoms with van der Waals surface area (Å²) in [5, 5.41) is 3.37. The van der Waals surface area contributed by atoms with Gasteiger partial charge in [-0.1, -0.05) is 28.9 Å². The van der Waals surface area contributed by atoms with Gasteiger partial charge in [0.15, 0.2) is 0 Å². The van der Waals surface area contributed by atoms with Gasteiger partial charge >= 0.3 is 0 Å². The van der Waals surface area contributed by atoms with Gasteiger partial charge in [-0.2, -0.15) is 0 Å². The fraction of sp³-hybridized carbons (Fsp3) is 0.600. The van der Waals surface area contributed by atoms with Crippen molar-refractivity contribution >= 4 is 21.6 Å². The van der Waals surface area contributed by atoms with Crippen molar-refractivity contribution in [3.8, 4) is 0 Å². The van der Waals surface area contributed by atoms with E-state index in [1.54, 1.807) is 0 Å². The minimum Gasteiger partial charge on any atom is -0.369 e. The van der Waals surface area contributed by atoms with E-state index in [0.717, 1.165) is 13.1 Å². The normalized spacial score (nSPS) is 20.2. The second kappa shape index (κ2) is 6.58. The molecule has 1 aliphatic rings. The molecule has 0 radical (unpaired) electrons. The lowest BCUT2D eigenvalue weighted by molar-refractivity contribution is 0.485. The van der Waals surface area contributed by atoms with Crippen LogP contribution in [0.25, 0.3) is 0 Å². The number of nitrogens with one attached hydrogen (secondary N) is 1. The molecule has 18 heavy (non-hydrogen) atoms. The molecule has 2 rings (SSSR count). The number of nitrogens with zero attached hydrogens (tertiary/aromatic N) is 1. The lowest BCUT2D eigenvalue weighted by Gasteiger charge is -2.35. The van der Waals surface area contributed by atoms with Gasteiger partial charge in [0.25, 0.3) is 0 Å². The van der Waals surface area contributed by atoms with Crippen molar-refractivity contribution in [1.82, 2.24) is 5.32 Å². The molecular formula is C15H23BrN2. The van der Waals surface area contributed by atoms with Crippen LogP contribution in [-0.2, 0) is 6.54 Å². The Morgan fingerprint density at radius 1 is 1.39 bits per heavy atom. The predicted octanol–water partition coefficient (Wildman–Crippen LogP) is 3.94. The molecule has 1 unspecified atom stereocenters. The monoisotopic (exact) mass is 310 g/mol. The van der Waals surface area contributed by atoms with E-state index in [1.807, 2.05) is 0 Å². The van der Waals surface area contributed by atoms with Crippen LogP contribution < -0.4 is 10.2 Å². The van der Waals surface area contributed by atoms with Crippen molar-refractivity contribution in [3.05, 3.63) is 28.2 Å². The number of hydrogen-bond donors (Lipinski definition) is 1. The van der Waals surface area contributed by atoms with Crippen LogP contribution in [0.1, 0.15) is 38.7 Å². The lowest BCUT2D eigenvalue weighted by atomic mass is 10.0. The highest BCUT2D eigenvalue weighted by Crippen LogP contribution is 2.28. The maximum Gasteiger partial charge on any atom is 0.0380 e. The molecule has 100 valence electrons. The third-order valence-electron chi connectivity index (χ3n) is 3.74. The Hall–Kier alpha value is -0.540. The molecule has 0 amide bonds. The van der Waals surface area contributed by atoms with E-state index in [9.17, 15) is 0 Å². The number of hydrogen-bond acceptors (Lipinski definition) is 2. The van der Waals surface area contributed by atoms with Crippen LogP contribution in [0.2, 0.25) is 0 Å². The highest BCUT2D eigenvalue weighted by atomic mass is 79.9. The number of halogens is 1. The fourth-order valence-electron chi connectivity index (χ4n) is 2.60. The molecule has 1 aromatic rings. The first-order valence-corrected chi connectivity index (χ1v) is 7.77. The van der Waals surface area contributed by atoms with Crippen LogP contribution >= 0.6 is 15.9 Å². The first-order valence-electron chi connectivity index (χ1n) is 6.98. The van der Waals surface area contributed by atoms with Gasteiger partial charge in [0.1, 0.15) is 0 Å². The second-order valence-electron chi connectivity index (χ2n) is 5.09. The number of anilines is 1. The predicted molar refractivity (Wildman–Crippen MR) is 82.2 cm³/mol. The Balaban J connectivity index is 2.12. The Morgan fingerprint density at radius 3 is 2.89 bits per heavy atom. The zero-order valence-corrected chi connectivity index (χ0v) is 13.0. The number of rotatable bonds is 4. The summed E-state index contributed by atoms with van der Waals surface area (Å²) < 4.78 is 1.22. The van der Waals surface area contributed by atoms with E-state index in [4.69, 9.17) is 0 Å². The summed E-state index contributed by atoms with van der Waals surface area (Å²) in [4.78, 5) is 2.53. The van der Waals surface area contributed by atoms with E-state index in [2.05, 4.69) is 58.2 Å². The second-order valence-corrected chi connectivity index (χ2v) is 5.95. The van der Waals surface area contributed by atoms with Gasteiger partial charge in [-0.05, 0) is 50.4 Å². The summed E-state index contributed by atoms with van der Waals surface area (Å²) in [5.74, 6) is 0. The average Bonchev–Trinajstić information content (AvgIpc) is 2.38. The largest absolute Gasteiger partial charge is 0.369 e. The van der Waals surface area contributed by atoms with Crippen LogP contribution in [0.5, 0.6) is 0 Å². The highest BCUT2D eigenvalue weighted by Gasteiger charge is 2.18. The third kappa shape index (κ3) is 3.27. The Kier molecular flexibility index (Phi) is 5.07. The standard InChI is InChI=1S/C15H23BrN2/c1-3-17-11-13-7-8-14(10-15(13)16)18-9-5-4-6-12(18)2/h7-8,10,12,17H,3-6,9,11H2,1-2H3. The molecule has 1 atom stereocenters. The summed E-state index contributed by atoms with van der Waals surface area (Å²) in [6.45, 7) is 7.61. The summed E-state index contributed by atoms with van der Waals surface area (Å²) >= 11 is 3.70. The van der Waals surface area contributed by atoms with E-state index < -0.39 is 0 Å². The van der Waals surface area contributed by atoms with Crippen molar-refractivity contribution in [2.45, 2.75) is 45.7 Å². The molecule has 0 saturated carbocycles. The van der Waals surface area contributed by atoms with E-state index in [-0.39, 0.29) is 0 Å². The van der Waals surface area contributed by atoms with Gasteiger partial charge in [-0.25, -0.2) is 0 Å². The van der Waals surface area contributed by atoms with Gasteiger partial charge < -0.3 is 10.2 Å². The van der Waals surface area contributed by atoms with Crippen LogP contribution in [0.15, 0.2) is 22.7 Å². The van der Waals surface area contributed by atoms with E-state index in [0.29, 0.717) is 6.04 Å². The molecule has 2 nitrogen and oxygen atoms in total. The van der Waals surface area contributed by atoms with Crippen LogP contribution in [0, 0.1) is 0 Å². The molecule has 1 aromatic carbocycles. The minimum atomic E-state index is 0.672. The average molecular weight is 311 g/mol. The minimum absolute atomic E-state index is 0.672. The lowest BCUT2D eigenvalue weighted by Crippen LogP contribution is -2.37. The maximum atomic E-state index is 3.70. The third-order valence-corrected chi connectivity index (χ3v) is 4.47.